The molecule has 5 rings (SSSR count). The largest absolute Gasteiger partial charge is 0.493 e. The van der Waals surface area contributed by atoms with E-state index in [1.807, 2.05) is 30.3 Å². The number of fused-ring (bicyclic) bond motifs is 2. The van der Waals surface area contributed by atoms with Gasteiger partial charge in [0.15, 0.2) is 23.0 Å². The second kappa shape index (κ2) is 6.62. The molecule has 6 heteroatoms. The Morgan fingerprint density at radius 3 is 2.07 bits per heavy atom. The number of hydrogen-bond donors (Lipinski definition) is 0. The van der Waals surface area contributed by atoms with Crippen molar-refractivity contribution in [3.8, 4) is 23.0 Å². The van der Waals surface area contributed by atoms with Gasteiger partial charge in [-0.05, 0) is 35.4 Å². The van der Waals surface area contributed by atoms with Crippen molar-refractivity contribution in [1.29, 1.82) is 0 Å². The Morgan fingerprint density at radius 1 is 0.741 bits per heavy atom. The molecule has 3 heterocycles. The maximum Gasteiger partial charge on any atom is 0.231 e. The zero-order valence-electron chi connectivity index (χ0n) is 15.3. The summed E-state index contributed by atoms with van der Waals surface area (Å²) in [5.41, 5.74) is 2.21. The van der Waals surface area contributed by atoms with Crippen LogP contribution < -0.4 is 18.9 Å². The van der Waals surface area contributed by atoms with Crippen LogP contribution in [0.3, 0.4) is 0 Å². The van der Waals surface area contributed by atoms with Crippen LogP contribution in [0.2, 0.25) is 0 Å². The Morgan fingerprint density at radius 2 is 1.37 bits per heavy atom. The molecule has 0 saturated carbocycles. The molecule has 0 spiro atoms. The molecule has 3 aliphatic heterocycles. The molecule has 27 heavy (non-hydrogen) atoms. The lowest BCUT2D eigenvalue weighted by Gasteiger charge is -2.18. The minimum absolute atomic E-state index is 0.00573. The predicted octanol–water partition coefficient (Wildman–Crippen LogP) is 3.51. The van der Waals surface area contributed by atoms with Crippen LogP contribution in [0.15, 0.2) is 36.4 Å². The van der Waals surface area contributed by atoms with Crippen LogP contribution in [0.4, 0.5) is 0 Å². The first-order valence-corrected chi connectivity index (χ1v) is 9.13. The number of methoxy groups -OCH3 is 2. The smallest absolute Gasteiger partial charge is 0.231 e. The lowest BCUT2D eigenvalue weighted by atomic mass is 9.85. The minimum atomic E-state index is -0.00573. The molecule has 6 nitrogen and oxygen atoms in total. The summed E-state index contributed by atoms with van der Waals surface area (Å²) in [4.78, 5) is 0. The van der Waals surface area contributed by atoms with Crippen molar-refractivity contribution in [2.24, 2.45) is 11.8 Å². The Labute approximate surface area is 157 Å². The SMILES string of the molecule is COc1ccc([C@@H]2OC[C@H]3[C@H]2CO[C@H]3c2ccc3c(c2)OCO3)cc1OC. The van der Waals surface area contributed by atoms with Crippen molar-refractivity contribution >= 4 is 0 Å². The molecule has 0 aromatic heterocycles. The number of ether oxygens (including phenoxy) is 6. The van der Waals surface area contributed by atoms with E-state index < -0.39 is 0 Å². The lowest BCUT2D eigenvalue weighted by molar-refractivity contribution is 0.0191. The molecule has 0 radical (unpaired) electrons. The summed E-state index contributed by atoms with van der Waals surface area (Å²) in [5.74, 6) is 3.63. The van der Waals surface area contributed by atoms with Crippen LogP contribution in [-0.4, -0.2) is 34.2 Å². The van der Waals surface area contributed by atoms with Gasteiger partial charge < -0.3 is 28.4 Å². The van der Waals surface area contributed by atoms with E-state index in [-0.39, 0.29) is 19.0 Å². The molecule has 0 unspecified atom stereocenters. The van der Waals surface area contributed by atoms with Gasteiger partial charge in [0, 0.05) is 11.8 Å². The van der Waals surface area contributed by atoms with Gasteiger partial charge in [-0.25, -0.2) is 0 Å². The quantitative estimate of drug-likeness (QED) is 0.821. The van der Waals surface area contributed by atoms with E-state index in [0.717, 1.165) is 28.4 Å². The number of rotatable bonds is 4. The third-order valence-electron chi connectivity index (χ3n) is 5.73. The third-order valence-corrected chi connectivity index (χ3v) is 5.73. The average Bonchev–Trinajstić information content (AvgIpc) is 3.42. The van der Waals surface area contributed by atoms with Crippen LogP contribution in [0, 0.1) is 11.8 Å². The molecule has 2 fully saturated rings. The van der Waals surface area contributed by atoms with E-state index in [2.05, 4.69) is 6.07 Å². The number of benzene rings is 2. The molecule has 4 atom stereocenters. The Hall–Kier alpha value is -2.44. The van der Waals surface area contributed by atoms with Crippen LogP contribution in [0.1, 0.15) is 23.3 Å². The van der Waals surface area contributed by atoms with Gasteiger partial charge in [0.1, 0.15) is 0 Å². The summed E-state index contributed by atoms with van der Waals surface area (Å²) >= 11 is 0. The molecule has 2 saturated heterocycles. The van der Waals surface area contributed by atoms with E-state index in [1.165, 1.54) is 0 Å². The Balaban J connectivity index is 1.39. The molecule has 3 aliphatic rings. The molecule has 0 N–H and O–H groups in total. The van der Waals surface area contributed by atoms with Crippen LogP contribution in [-0.2, 0) is 9.47 Å². The summed E-state index contributed by atoms with van der Waals surface area (Å²) < 4.78 is 34.1. The van der Waals surface area contributed by atoms with Crippen LogP contribution >= 0.6 is 0 Å². The van der Waals surface area contributed by atoms with Crippen molar-refractivity contribution in [1.82, 2.24) is 0 Å². The summed E-state index contributed by atoms with van der Waals surface area (Å²) in [5, 5.41) is 0. The normalized spacial score (nSPS) is 28.2. The van der Waals surface area contributed by atoms with Crippen molar-refractivity contribution in [2.45, 2.75) is 12.2 Å². The number of hydrogen-bond acceptors (Lipinski definition) is 6. The molecule has 2 aromatic rings. The second-order valence-corrected chi connectivity index (χ2v) is 7.06. The summed E-state index contributed by atoms with van der Waals surface area (Å²) in [7, 11) is 3.29. The second-order valence-electron chi connectivity index (χ2n) is 7.06. The van der Waals surface area contributed by atoms with Crippen LogP contribution in [0.25, 0.3) is 0 Å². The van der Waals surface area contributed by atoms with Gasteiger partial charge in [0.05, 0.1) is 39.6 Å². The fourth-order valence-corrected chi connectivity index (χ4v) is 4.35. The van der Waals surface area contributed by atoms with Gasteiger partial charge in [-0.2, -0.15) is 0 Å². The zero-order valence-corrected chi connectivity index (χ0v) is 15.3. The molecular formula is C21H22O6. The highest BCUT2D eigenvalue weighted by Gasteiger charge is 2.48. The summed E-state index contributed by atoms with van der Waals surface area (Å²) in [6, 6.07) is 12.0. The van der Waals surface area contributed by atoms with Crippen molar-refractivity contribution in [3.63, 3.8) is 0 Å². The van der Waals surface area contributed by atoms with E-state index in [4.69, 9.17) is 28.4 Å². The fraction of sp³-hybridized carbons (Fsp3) is 0.429. The van der Waals surface area contributed by atoms with E-state index >= 15 is 0 Å². The monoisotopic (exact) mass is 370 g/mol. The first-order valence-electron chi connectivity index (χ1n) is 9.13. The van der Waals surface area contributed by atoms with Crippen molar-refractivity contribution in [3.05, 3.63) is 47.5 Å². The summed E-state index contributed by atoms with van der Waals surface area (Å²) in [6.07, 6.45) is 0.00320. The summed E-state index contributed by atoms with van der Waals surface area (Å²) in [6.45, 7) is 1.62. The molecule has 2 aromatic carbocycles. The zero-order chi connectivity index (χ0) is 18.4. The lowest BCUT2D eigenvalue weighted by Crippen LogP contribution is -2.14. The molecule has 0 bridgehead atoms. The van der Waals surface area contributed by atoms with Gasteiger partial charge in [0.25, 0.3) is 0 Å². The van der Waals surface area contributed by atoms with E-state index in [0.29, 0.717) is 30.8 Å². The van der Waals surface area contributed by atoms with Gasteiger partial charge in [-0.3, -0.25) is 0 Å². The van der Waals surface area contributed by atoms with E-state index in [9.17, 15) is 0 Å². The Bertz CT molecular complexity index is 851. The fourth-order valence-electron chi connectivity index (χ4n) is 4.35. The topological polar surface area (TPSA) is 55.4 Å². The first kappa shape index (κ1) is 16.7. The minimum Gasteiger partial charge on any atom is -0.493 e. The third kappa shape index (κ3) is 2.71. The Kier molecular flexibility index (Phi) is 4.10. The van der Waals surface area contributed by atoms with Gasteiger partial charge in [-0.1, -0.05) is 12.1 Å². The predicted molar refractivity (Wildman–Crippen MR) is 96.5 cm³/mol. The van der Waals surface area contributed by atoms with Gasteiger partial charge in [-0.15, -0.1) is 0 Å². The van der Waals surface area contributed by atoms with Crippen molar-refractivity contribution in [2.75, 3.05) is 34.2 Å². The van der Waals surface area contributed by atoms with E-state index in [1.54, 1.807) is 14.2 Å². The van der Waals surface area contributed by atoms with Gasteiger partial charge >= 0.3 is 0 Å². The maximum atomic E-state index is 6.19. The highest BCUT2D eigenvalue weighted by Crippen LogP contribution is 2.51. The first-order chi connectivity index (χ1) is 13.3. The molecular weight excluding hydrogens is 348 g/mol. The molecule has 0 aliphatic carbocycles. The molecule has 142 valence electrons. The maximum absolute atomic E-state index is 6.19. The average molecular weight is 370 g/mol. The highest BCUT2D eigenvalue weighted by molar-refractivity contribution is 5.46. The van der Waals surface area contributed by atoms with Crippen molar-refractivity contribution < 1.29 is 28.4 Å². The standard InChI is InChI=1S/C21H22O6/c1-22-16-5-3-12(7-18(16)23-2)20-14-9-25-21(15(14)10-24-20)13-4-6-17-19(8-13)27-11-26-17/h3-8,14-15,20-21H,9-11H2,1-2H3/t14-,15+,20+,21+/m1/s1. The highest BCUT2D eigenvalue weighted by atomic mass is 16.7. The van der Waals surface area contributed by atoms with Gasteiger partial charge in [0.2, 0.25) is 6.79 Å². The molecule has 0 amide bonds. The van der Waals surface area contributed by atoms with Crippen LogP contribution in [0.5, 0.6) is 23.0 Å².